The quantitative estimate of drug-likeness (QED) is 0.0281. The van der Waals surface area contributed by atoms with Crippen LogP contribution < -0.4 is 16.8 Å². The Balaban J connectivity index is 1.18. The van der Waals surface area contributed by atoms with Crippen LogP contribution in [-0.4, -0.2) is 106 Å². The number of thioether (sulfide) groups is 2. The number of carbonyl (C=O) groups excluding carboxylic acids is 3. The maximum absolute atomic E-state index is 13.4. The largest absolute Gasteiger partial charge is 0.504 e. The van der Waals surface area contributed by atoms with Crippen molar-refractivity contribution >= 4 is 84.9 Å². The minimum atomic E-state index is -4.22. The molecule has 3 aromatic heterocycles. The van der Waals surface area contributed by atoms with Crippen LogP contribution in [0.1, 0.15) is 21.7 Å². The first kappa shape index (κ1) is 35.4. The van der Waals surface area contributed by atoms with Gasteiger partial charge in [-0.15, -0.1) is 34.9 Å². The lowest BCUT2D eigenvalue weighted by Gasteiger charge is -2.49. The average Bonchev–Trinajstić information content (AvgIpc) is 3.71. The molecule has 3 amide bonds. The third-order valence-corrected chi connectivity index (χ3v) is 11.9. The monoisotopic (exact) mass is 775 g/mol. The Kier molecular flexibility index (Phi) is 9.54. The van der Waals surface area contributed by atoms with Crippen LogP contribution in [-0.2, 0) is 29.1 Å². The number of hydrogen-bond donors (Lipinski definition) is 6. The number of β-lactam (4-membered cyclic amide) rings is 1. The van der Waals surface area contributed by atoms with Crippen LogP contribution in [0, 0.1) is 6.92 Å². The number of carboxylic acids is 1. The van der Waals surface area contributed by atoms with Crippen molar-refractivity contribution < 1.29 is 47.8 Å². The summed E-state index contributed by atoms with van der Waals surface area (Å²) in [5, 5.41) is 40.8. The number of rotatable bonds is 12. The van der Waals surface area contributed by atoms with Crippen LogP contribution in [0.2, 0.25) is 0 Å². The van der Waals surface area contributed by atoms with Gasteiger partial charge in [-0.2, -0.15) is 5.10 Å². The Morgan fingerprint density at radius 1 is 1.20 bits per heavy atom. The van der Waals surface area contributed by atoms with Crippen LogP contribution in [0.4, 0.5) is 5.13 Å². The molecule has 23 heteroatoms. The summed E-state index contributed by atoms with van der Waals surface area (Å²) in [6, 6.07) is 3.34. The third kappa shape index (κ3) is 6.87. The van der Waals surface area contributed by atoms with Crippen molar-refractivity contribution in [2.75, 3.05) is 23.2 Å². The molecule has 0 spiro atoms. The van der Waals surface area contributed by atoms with Gasteiger partial charge in [0, 0.05) is 28.6 Å². The number of nitrogen functional groups attached to an aromatic ring is 1. The van der Waals surface area contributed by atoms with E-state index >= 15 is 0 Å². The molecule has 0 saturated carbocycles. The van der Waals surface area contributed by atoms with E-state index in [1.165, 1.54) is 39.6 Å². The molecule has 0 aliphatic carbocycles. The fraction of sp³-hybridized carbons (Fsp3) is 0.214. The van der Waals surface area contributed by atoms with Crippen molar-refractivity contribution in [1.29, 1.82) is 0 Å². The van der Waals surface area contributed by atoms with Crippen LogP contribution in [0.25, 0.3) is 5.65 Å². The Bertz CT molecular complexity index is 2300. The molecular weight excluding hydrogens is 751 g/mol. The Labute approximate surface area is 299 Å². The highest BCUT2D eigenvalue weighted by molar-refractivity contribution is 8.01. The Morgan fingerprint density at radius 2 is 1.96 bits per heavy atom. The predicted molar refractivity (Wildman–Crippen MR) is 183 cm³/mol. The molecule has 2 atom stereocenters. The normalized spacial score (nSPS) is 17.6. The van der Waals surface area contributed by atoms with Crippen LogP contribution >= 0.6 is 34.9 Å². The maximum Gasteiger partial charge on any atom is 0.352 e. The number of phenolic OH excluding ortho intramolecular Hbond substituents is 2. The van der Waals surface area contributed by atoms with E-state index in [4.69, 9.17) is 16.3 Å². The summed E-state index contributed by atoms with van der Waals surface area (Å²) in [6.07, 6.45) is 1.29. The number of thiazole rings is 1. The van der Waals surface area contributed by atoms with Gasteiger partial charge >= 0.3 is 5.97 Å². The predicted octanol–water partition coefficient (Wildman–Crippen LogP) is 0.270. The number of amides is 3. The van der Waals surface area contributed by atoms with Gasteiger partial charge in [-0.25, -0.2) is 27.7 Å². The molecule has 0 radical (unpaired) electrons. The lowest BCUT2D eigenvalue weighted by Crippen LogP contribution is -2.71. The van der Waals surface area contributed by atoms with Crippen molar-refractivity contribution in [3.63, 3.8) is 0 Å². The van der Waals surface area contributed by atoms with Crippen LogP contribution in [0.5, 0.6) is 11.5 Å². The molecule has 1 fully saturated rings. The molecule has 1 saturated heterocycles. The SMILES string of the molecule is Cc1cc(SCC2=C(C(=O)O)N3C(=O)[C@@H](NC(=O)/C(=N/OCS(=O)(=O)c4ccc(O)c(O)c4)c4csc(N)n4)[C@H]3SC2)n2ncc(C(N)=O)c2n1. The van der Waals surface area contributed by atoms with Crippen LogP contribution in [0.3, 0.4) is 0 Å². The average molecular weight is 776 g/mol. The number of anilines is 1. The summed E-state index contributed by atoms with van der Waals surface area (Å²) in [5.74, 6) is -5.71. The van der Waals surface area contributed by atoms with E-state index in [1.54, 1.807) is 13.0 Å². The Morgan fingerprint density at radius 3 is 2.63 bits per heavy atom. The van der Waals surface area contributed by atoms with E-state index in [1.807, 2.05) is 0 Å². The first-order chi connectivity index (χ1) is 24.2. The summed E-state index contributed by atoms with van der Waals surface area (Å²) in [5.41, 5.74) is 11.7. The zero-order chi connectivity index (χ0) is 36.8. The standard InChI is InChI=1S/C28H25N9O10S4/c1-11-4-18(37-23(32-11)14(6-31-37)22(29)40)48-7-12-8-49-26-20(25(42)36(26)21(12)27(43)44)34-24(41)19(15-9-50-28(30)33-15)35-47-10-51(45,46)13-2-3-16(38)17(39)5-13/h2-6,9,20,26,38-39H,7-8,10H2,1H3,(H2,29,40)(H2,30,33)(H,34,41)(H,43,44)/b35-19+/t20-,26-/m1/s1. The van der Waals surface area contributed by atoms with Gasteiger partial charge in [0.05, 0.1) is 11.1 Å². The first-order valence-electron chi connectivity index (χ1n) is 14.3. The van der Waals surface area contributed by atoms with E-state index < -0.39 is 73.0 Å². The second-order valence-corrected chi connectivity index (χ2v) is 15.8. The van der Waals surface area contributed by atoms with Gasteiger partial charge in [-0.3, -0.25) is 19.3 Å². The van der Waals surface area contributed by atoms with E-state index in [2.05, 4.69) is 25.5 Å². The fourth-order valence-electron chi connectivity index (χ4n) is 5.02. The zero-order valence-electron chi connectivity index (χ0n) is 25.9. The minimum Gasteiger partial charge on any atom is -0.504 e. The summed E-state index contributed by atoms with van der Waals surface area (Å²) >= 11 is 3.39. The summed E-state index contributed by atoms with van der Waals surface area (Å²) in [4.78, 5) is 65.1. The highest BCUT2D eigenvalue weighted by Gasteiger charge is 2.54. The number of nitrogens with one attached hydrogen (secondary N) is 1. The number of benzene rings is 1. The minimum absolute atomic E-state index is 0.0524. The number of oxime groups is 1. The third-order valence-electron chi connectivity index (χ3n) is 7.41. The zero-order valence-corrected chi connectivity index (χ0v) is 29.2. The number of fused-ring (bicyclic) bond motifs is 2. The topological polar surface area (TPSA) is 295 Å². The van der Waals surface area contributed by atoms with Gasteiger partial charge in [0.25, 0.3) is 17.7 Å². The lowest BCUT2D eigenvalue weighted by atomic mass is 10.0. The lowest BCUT2D eigenvalue weighted by molar-refractivity contribution is -0.150. The van der Waals surface area contributed by atoms with Crippen molar-refractivity contribution in [3.8, 4) is 11.5 Å². The number of phenols is 2. The molecule has 4 aromatic rings. The molecule has 6 rings (SSSR count). The number of aromatic nitrogens is 4. The molecule has 51 heavy (non-hydrogen) atoms. The van der Waals surface area contributed by atoms with Gasteiger partial charge in [0.15, 0.2) is 28.0 Å². The van der Waals surface area contributed by atoms with Crippen molar-refractivity contribution in [3.05, 3.63) is 64.1 Å². The first-order valence-corrected chi connectivity index (χ1v) is 18.9. The summed E-state index contributed by atoms with van der Waals surface area (Å²) in [7, 11) is -4.22. The number of hydrogen-bond acceptors (Lipinski definition) is 17. The number of aryl methyl sites for hydroxylation is 1. The molecule has 0 bridgehead atoms. The number of aliphatic carboxylic acids is 1. The van der Waals surface area contributed by atoms with Gasteiger partial charge in [0.1, 0.15) is 33.4 Å². The highest BCUT2D eigenvalue weighted by Crippen LogP contribution is 2.42. The van der Waals surface area contributed by atoms with Gasteiger partial charge in [-0.05, 0) is 30.7 Å². The molecule has 8 N–H and O–H groups in total. The molecule has 0 unspecified atom stereocenters. The molecule has 1 aromatic carbocycles. The van der Waals surface area contributed by atoms with E-state index in [0.29, 0.717) is 16.3 Å². The second-order valence-electron chi connectivity index (χ2n) is 10.8. The van der Waals surface area contributed by atoms with E-state index in [0.717, 1.165) is 34.4 Å². The highest BCUT2D eigenvalue weighted by atomic mass is 32.2. The van der Waals surface area contributed by atoms with Crippen molar-refractivity contribution in [1.82, 2.24) is 29.8 Å². The van der Waals surface area contributed by atoms with Gasteiger partial charge < -0.3 is 36.9 Å². The second kappa shape index (κ2) is 13.7. The number of nitrogens with zero attached hydrogens (tertiary/aromatic N) is 6. The summed E-state index contributed by atoms with van der Waals surface area (Å²) < 4.78 is 26.8. The van der Waals surface area contributed by atoms with Gasteiger partial charge in [0.2, 0.25) is 15.8 Å². The number of aromatic hydroxyl groups is 2. The number of nitrogens with two attached hydrogens (primary N) is 2. The van der Waals surface area contributed by atoms with Gasteiger partial charge in [-0.1, -0.05) is 5.16 Å². The molecule has 2 aliphatic heterocycles. The number of carbonyl (C=O) groups is 4. The molecule has 2 aliphatic rings. The Hall–Kier alpha value is -5.39. The smallest absolute Gasteiger partial charge is 0.352 e. The van der Waals surface area contributed by atoms with Crippen molar-refractivity contribution in [2.24, 2.45) is 10.9 Å². The molecular formula is C28H25N9O10S4. The molecule has 266 valence electrons. The van der Waals surface area contributed by atoms with Crippen LogP contribution in [0.15, 0.2) is 62.2 Å². The van der Waals surface area contributed by atoms with Crippen molar-refractivity contribution in [2.45, 2.75) is 28.3 Å². The maximum atomic E-state index is 13.4. The van der Waals surface area contributed by atoms with E-state index in [9.17, 15) is 42.9 Å². The molecule has 5 heterocycles. The number of carboxylic acid groups (broad SMARTS) is 1. The molecule has 19 nitrogen and oxygen atoms in total. The fourth-order valence-corrected chi connectivity index (χ4v) is 9.01. The van der Waals surface area contributed by atoms with E-state index in [-0.39, 0.29) is 39.2 Å². The number of sulfone groups is 1. The summed E-state index contributed by atoms with van der Waals surface area (Å²) in [6.45, 7) is 1.72. The number of primary amides is 1.